The number of nitrogens with one attached hydrogen (secondary N) is 1. The van der Waals surface area contributed by atoms with Crippen LogP contribution in [0.4, 0.5) is 0 Å². The molecule has 1 aromatic carbocycles. The summed E-state index contributed by atoms with van der Waals surface area (Å²) >= 11 is 0. The van der Waals surface area contributed by atoms with Crippen molar-refractivity contribution in [2.45, 2.75) is 32.4 Å². The molecule has 1 fully saturated rings. The smallest absolute Gasteiger partial charge is 0.408 e. The zero-order valence-corrected chi connectivity index (χ0v) is 13.0. The van der Waals surface area contributed by atoms with Crippen molar-refractivity contribution in [3.05, 3.63) is 46.5 Å². The number of likely N-dealkylation sites (tertiary alicyclic amines) is 1. The van der Waals surface area contributed by atoms with Gasteiger partial charge in [0, 0.05) is 13.1 Å². The number of aromatic nitrogens is 4. The van der Waals surface area contributed by atoms with Gasteiger partial charge in [0.05, 0.1) is 11.6 Å². The monoisotopic (exact) mass is 313 g/mol. The number of H-pyrrole nitrogens is 1. The van der Waals surface area contributed by atoms with Gasteiger partial charge in [0.15, 0.2) is 11.4 Å². The van der Waals surface area contributed by atoms with Crippen molar-refractivity contribution in [2.24, 2.45) is 0 Å². The summed E-state index contributed by atoms with van der Waals surface area (Å²) < 4.78 is 6.99. The molecular weight excluding hydrogens is 294 g/mol. The van der Waals surface area contributed by atoms with E-state index in [2.05, 4.69) is 20.1 Å². The highest BCUT2D eigenvalue weighted by molar-refractivity contribution is 5.72. The fourth-order valence-corrected chi connectivity index (χ4v) is 3.35. The number of rotatable bonds is 4. The van der Waals surface area contributed by atoms with Gasteiger partial charge in [-0.05, 0) is 38.4 Å². The van der Waals surface area contributed by atoms with Crippen LogP contribution < -0.4 is 5.76 Å². The van der Waals surface area contributed by atoms with Gasteiger partial charge in [-0.1, -0.05) is 12.1 Å². The molecule has 1 aliphatic rings. The number of fused-ring (bicyclic) bond motifs is 1. The van der Waals surface area contributed by atoms with Gasteiger partial charge < -0.3 is 4.42 Å². The third-order valence-corrected chi connectivity index (χ3v) is 4.46. The van der Waals surface area contributed by atoms with E-state index in [1.807, 2.05) is 31.2 Å². The van der Waals surface area contributed by atoms with E-state index in [9.17, 15) is 4.79 Å². The van der Waals surface area contributed by atoms with E-state index in [4.69, 9.17) is 4.42 Å². The summed E-state index contributed by atoms with van der Waals surface area (Å²) in [5, 5.41) is 7.21. The van der Waals surface area contributed by atoms with Gasteiger partial charge in [-0.3, -0.25) is 14.6 Å². The van der Waals surface area contributed by atoms with Crippen LogP contribution in [-0.4, -0.2) is 37.7 Å². The van der Waals surface area contributed by atoms with Gasteiger partial charge in [-0.2, -0.15) is 5.10 Å². The van der Waals surface area contributed by atoms with Crippen molar-refractivity contribution in [1.29, 1.82) is 0 Å². The lowest BCUT2D eigenvalue weighted by molar-refractivity contribution is 0.237. The molecule has 0 saturated carbocycles. The number of oxazole rings is 1. The Bertz CT molecular complexity index is 878. The van der Waals surface area contributed by atoms with Gasteiger partial charge in [0.2, 0.25) is 0 Å². The first-order valence-corrected chi connectivity index (χ1v) is 7.94. The number of nitrogens with zero attached hydrogens (tertiary/aromatic N) is 4. The lowest BCUT2D eigenvalue weighted by Crippen LogP contribution is -2.30. The Hall–Kier alpha value is -2.41. The standard InChI is InChI=1S/C16H19N5O2/c1-11-17-15(19-18-11)13-6-4-8-20(13)9-10-21-12-5-2-3-7-14(12)23-16(21)22/h2-3,5,7,13H,4,6,8-10H2,1H3,(H,17,18,19)/t13-/m0/s1. The molecule has 7 nitrogen and oxygen atoms in total. The van der Waals surface area contributed by atoms with Crippen LogP contribution in [0.25, 0.3) is 11.1 Å². The molecule has 120 valence electrons. The Morgan fingerprint density at radius 2 is 2.22 bits per heavy atom. The SMILES string of the molecule is Cc1nc([C@@H]2CCCN2CCn2c(=O)oc3ccccc32)n[nH]1. The Morgan fingerprint density at radius 3 is 3.04 bits per heavy atom. The lowest BCUT2D eigenvalue weighted by atomic mass is 10.2. The van der Waals surface area contributed by atoms with Gasteiger partial charge in [-0.15, -0.1) is 0 Å². The van der Waals surface area contributed by atoms with E-state index in [0.717, 1.165) is 43.1 Å². The second-order valence-electron chi connectivity index (χ2n) is 5.96. The molecule has 2 aromatic heterocycles. The Balaban J connectivity index is 1.53. The second kappa shape index (κ2) is 5.66. The molecule has 4 rings (SSSR count). The van der Waals surface area contributed by atoms with Crippen molar-refractivity contribution in [1.82, 2.24) is 24.6 Å². The molecule has 1 saturated heterocycles. The number of para-hydroxylation sites is 2. The molecule has 0 unspecified atom stereocenters. The Kier molecular flexibility index (Phi) is 3.49. The predicted octanol–water partition coefficient (Wildman–Crippen LogP) is 1.86. The first-order valence-electron chi connectivity index (χ1n) is 7.94. The summed E-state index contributed by atoms with van der Waals surface area (Å²) in [5.74, 6) is 1.39. The van der Waals surface area contributed by atoms with Crippen LogP contribution in [0.2, 0.25) is 0 Å². The zero-order chi connectivity index (χ0) is 15.8. The maximum absolute atomic E-state index is 12.0. The molecule has 23 heavy (non-hydrogen) atoms. The van der Waals surface area contributed by atoms with Crippen LogP contribution in [0.3, 0.4) is 0 Å². The van der Waals surface area contributed by atoms with E-state index in [1.165, 1.54) is 0 Å². The highest BCUT2D eigenvalue weighted by Crippen LogP contribution is 2.29. The highest BCUT2D eigenvalue weighted by Gasteiger charge is 2.29. The number of hydrogen-bond acceptors (Lipinski definition) is 5. The minimum absolute atomic E-state index is 0.230. The Labute approximate surface area is 132 Å². The van der Waals surface area contributed by atoms with E-state index in [0.29, 0.717) is 12.1 Å². The number of aromatic amines is 1. The molecule has 3 aromatic rings. The fourth-order valence-electron chi connectivity index (χ4n) is 3.35. The van der Waals surface area contributed by atoms with Crippen LogP contribution in [0, 0.1) is 6.92 Å². The van der Waals surface area contributed by atoms with Gasteiger partial charge >= 0.3 is 5.76 Å². The van der Waals surface area contributed by atoms with Crippen LogP contribution in [-0.2, 0) is 6.54 Å². The Morgan fingerprint density at radius 1 is 1.35 bits per heavy atom. The molecule has 1 N–H and O–H groups in total. The van der Waals surface area contributed by atoms with E-state index >= 15 is 0 Å². The molecule has 0 spiro atoms. The third-order valence-electron chi connectivity index (χ3n) is 4.46. The summed E-state index contributed by atoms with van der Waals surface area (Å²) in [6.07, 6.45) is 2.18. The summed E-state index contributed by atoms with van der Waals surface area (Å²) in [5.41, 5.74) is 1.49. The molecule has 7 heteroatoms. The molecule has 0 bridgehead atoms. The number of aryl methyl sites for hydroxylation is 1. The normalized spacial score (nSPS) is 18.9. The zero-order valence-electron chi connectivity index (χ0n) is 13.0. The summed E-state index contributed by atoms with van der Waals surface area (Å²) in [7, 11) is 0. The summed E-state index contributed by atoms with van der Waals surface area (Å²) in [6.45, 7) is 4.30. The topological polar surface area (TPSA) is 79.9 Å². The molecule has 1 aliphatic heterocycles. The average molecular weight is 313 g/mol. The molecule has 3 heterocycles. The number of benzene rings is 1. The quantitative estimate of drug-likeness (QED) is 0.795. The van der Waals surface area contributed by atoms with Gasteiger partial charge in [-0.25, -0.2) is 9.78 Å². The highest BCUT2D eigenvalue weighted by atomic mass is 16.4. The van der Waals surface area contributed by atoms with E-state index in [1.54, 1.807) is 4.57 Å². The minimum Gasteiger partial charge on any atom is -0.408 e. The summed E-state index contributed by atoms with van der Waals surface area (Å²) in [4.78, 5) is 18.9. The van der Waals surface area contributed by atoms with Crippen molar-refractivity contribution in [3.63, 3.8) is 0 Å². The average Bonchev–Trinajstić information content (AvgIpc) is 3.23. The molecule has 0 aliphatic carbocycles. The molecular formula is C16H19N5O2. The maximum Gasteiger partial charge on any atom is 0.419 e. The first kappa shape index (κ1) is 14.2. The van der Waals surface area contributed by atoms with Crippen molar-refractivity contribution in [3.8, 4) is 0 Å². The maximum atomic E-state index is 12.0. The van der Waals surface area contributed by atoms with Crippen LogP contribution in [0.1, 0.15) is 30.5 Å². The van der Waals surface area contributed by atoms with E-state index in [-0.39, 0.29) is 11.8 Å². The van der Waals surface area contributed by atoms with Crippen LogP contribution in [0.5, 0.6) is 0 Å². The molecule has 1 atom stereocenters. The minimum atomic E-state index is -0.296. The largest absolute Gasteiger partial charge is 0.419 e. The van der Waals surface area contributed by atoms with Gasteiger partial charge in [0.25, 0.3) is 0 Å². The fraction of sp³-hybridized carbons (Fsp3) is 0.438. The van der Waals surface area contributed by atoms with Gasteiger partial charge in [0.1, 0.15) is 5.82 Å². The van der Waals surface area contributed by atoms with Crippen LogP contribution in [0.15, 0.2) is 33.5 Å². The summed E-state index contributed by atoms with van der Waals surface area (Å²) in [6, 6.07) is 7.76. The lowest BCUT2D eigenvalue weighted by Gasteiger charge is -2.22. The third kappa shape index (κ3) is 2.57. The second-order valence-corrected chi connectivity index (χ2v) is 5.96. The van der Waals surface area contributed by atoms with Crippen molar-refractivity contribution >= 4 is 11.1 Å². The molecule has 0 amide bonds. The number of hydrogen-bond donors (Lipinski definition) is 1. The van der Waals surface area contributed by atoms with E-state index < -0.39 is 0 Å². The molecule has 0 radical (unpaired) electrons. The predicted molar refractivity (Wildman–Crippen MR) is 85.1 cm³/mol. The first-order chi connectivity index (χ1) is 11.2. The van der Waals surface area contributed by atoms with Crippen LogP contribution >= 0.6 is 0 Å². The van der Waals surface area contributed by atoms with Crippen molar-refractivity contribution in [2.75, 3.05) is 13.1 Å². The van der Waals surface area contributed by atoms with Crippen molar-refractivity contribution < 1.29 is 4.42 Å².